The van der Waals surface area contributed by atoms with Gasteiger partial charge in [-0.05, 0) is 39.7 Å². The molecule has 21 heavy (non-hydrogen) atoms. The maximum Gasteiger partial charge on any atom is 0.0484 e. The molecule has 0 N–H and O–H groups in total. The number of hydrogen-bond donors (Lipinski definition) is 0. The van der Waals surface area contributed by atoms with Crippen molar-refractivity contribution in [1.29, 1.82) is 0 Å². The minimum atomic E-state index is 0.130. The Kier molecular flexibility index (Phi) is 4.22. The van der Waals surface area contributed by atoms with Gasteiger partial charge >= 0.3 is 0 Å². The predicted octanol–water partition coefficient (Wildman–Crippen LogP) is 6.60. The zero-order valence-corrected chi connectivity index (χ0v) is 14.7. The van der Waals surface area contributed by atoms with Crippen molar-refractivity contribution in [2.45, 2.75) is 52.4 Å². The molecule has 1 heteroatoms. The number of halogens is 1. The summed E-state index contributed by atoms with van der Waals surface area (Å²) in [5, 5.41) is 0.812. The van der Waals surface area contributed by atoms with Crippen molar-refractivity contribution in [1.82, 2.24) is 0 Å². The fraction of sp³-hybridized carbons (Fsp3) is 0.400. The molecule has 0 unspecified atom stereocenters. The molecule has 0 fully saturated rings. The normalized spacial score (nSPS) is 12.5. The van der Waals surface area contributed by atoms with Gasteiger partial charge in [0.05, 0.1) is 0 Å². The van der Waals surface area contributed by atoms with E-state index in [1.165, 1.54) is 16.7 Å². The Balaban J connectivity index is 2.47. The van der Waals surface area contributed by atoms with E-state index in [-0.39, 0.29) is 10.8 Å². The summed E-state index contributed by atoms with van der Waals surface area (Å²) in [5.74, 6) is 0. The van der Waals surface area contributed by atoms with Crippen molar-refractivity contribution in [3.05, 3.63) is 58.6 Å². The van der Waals surface area contributed by atoms with Gasteiger partial charge < -0.3 is 0 Å². The second kappa shape index (κ2) is 5.50. The minimum absolute atomic E-state index is 0.130. The van der Waals surface area contributed by atoms with Gasteiger partial charge in [-0.25, -0.2) is 0 Å². The number of rotatable bonds is 1. The van der Waals surface area contributed by atoms with E-state index in [4.69, 9.17) is 11.6 Å². The zero-order valence-electron chi connectivity index (χ0n) is 13.9. The molecule has 2 aromatic carbocycles. The lowest BCUT2D eigenvalue weighted by Crippen LogP contribution is -2.11. The molecule has 0 amide bonds. The highest BCUT2D eigenvalue weighted by Gasteiger charge is 2.17. The first-order valence-electron chi connectivity index (χ1n) is 7.50. The molecule has 112 valence electrons. The Morgan fingerprint density at radius 1 is 0.667 bits per heavy atom. The van der Waals surface area contributed by atoms with E-state index >= 15 is 0 Å². The first-order chi connectivity index (χ1) is 9.59. The average Bonchev–Trinajstić information content (AvgIpc) is 2.37. The Morgan fingerprint density at radius 3 is 1.62 bits per heavy atom. The molecule has 0 spiro atoms. The molecule has 0 atom stereocenters. The molecule has 0 radical (unpaired) electrons. The number of benzene rings is 2. The van der Waals surface area contributed by atoms with Gasteiger partial charge in [0, 0.05) is 10.6 Å². The van der Waals surface area contributed by atoms with Gasteiger partial charge in [0.25, 0.3) is 0 Å². The molecule has 0 aliphatic rings. The van der Waals surface area contributed by atoms with Crippen molar-refractivity contribution in [2.24, 2.45) is 0 Å². The van der Waals surface area contributed by atoms with Crippen LogP contribution in [0.1, 0.15) is 52.7 Å². The molecule has 0 nitrogen and oxygen atoms in total. The van der Waals surface area contributed by atoms with Crippen molar-refractivity contribution in [3.8, 4) is 11.1 Å². The standard InChI is InChI=1S/C20H25Cl/c1-19(2,3)15-9-7-14(8-10-15)17-13-16(20(4,5)6)11-12-18(17)21/h7-13H,1-6H3. The highest BCUT2D eigenvalue weighted by atomic mass is 35.5. The van der Waals surface area contributed by atoms with Gasteiger partial charge in [-0.1, -0.05) is 83.5 Å². The van der Waals surface area contributed by atoms with Crippen molar-refractivity contribution in [2.75, 3.05) is 0 Å². The average molecular weight is 301 g/mol. The summed E-state index contributed by atoms with van der Waals surface area (Å²) in [6.45, 7) is 13.4. The molecule has 0 aliphatic carbocycles. The van der Waals surface area contributed by atoms with E-state index in [1.807, 2.05) is 6.07 Å². The summed E-state index contributed by atoms with van der Waals surface area (Å²) < 4.78 is 0. The lowest BCUT2D eigenvalue weighted by Gasteiger charge is -2.21. The fourth-order valence-electron chi connectivity index (χ4n) is 2.36. The van der Waals surface area contributed by atoms with E-state index < -0.39 is 0 Å². The van der Waals surface area contributed by atoms with Gasteiger partial charge in [-0.3, -0.25) is 0 Å². The summed E-state index contributed by atoms with van der Waals surface area (Å²) in [6.07, 6.45) is 0. The molecule has 0 aliphatic heterocycles. The van der Waals surface area contributed by atoms with E-state index in [0.29, 0.717) is 0 Å². The molecule has 0 aromatic heterocycles. The number of hydrogen-bond acceptors (Lipinski definition) is 0. The molecule has 2 rings (SSSR count). The van der Waals surface area contributed by atoms with Crippen LogP contribution in [0.25, 0.3) is 11.1 Å². The van der Waals surface area contributed by atoms with E-state index in [1.54, 1.807) is 0 Å². The Hall–Kier alpha value is -1.27. The third-order valence-electron chi connectivity index (χ3n) is 3.89. The van der Waals surface area contributed by atoms with Crippen LogP contribution in [0.15, 0.2) is 42.5 Å². The second-order valence-corrected chi connectivity index (χ2v) is 8.18. The van der Waals surface area contributed by atoms with Crippen molar-refractivity contribution >= 4 is 11.6 Å². The quantitative estimate of drug-likeness (QED) is 0.556. The predicted molar refractivity (Wildman–Crippen MR) is 94.3 cm³/mol. The Bertz CT molecular complexity index is 622. The summed E-state index contributed by atoms with van der Waals surface area (Å²) in [5.41, 5.74) is 5.25. The first kappa shape index (κ1) is 16.1. The second-order valence-electron chi connectivity index (χ2n) is 7.77. The Labute approximate surface area is 134 Å². The van der Waals surface area contributed by atoms with E-state index in [9.17, 15) is 0 Å². The zero-order chi connectivity index (χ0) is 15.8. The third kappa shape index (κ3) is 3.68. The van der Waals surface area contributed by atoms with Crippen LogP contribution in [-0.2, 0) is 10.8 Å². The molecular weight excluding hydrogens is 276 g/mol. The smallest absolute Gasteiger partial charge is 0.0484 e. The first-order valence-corrected chi connectivity index (χ1v) is 7.88. The van der Waals surface area contributed by atoms with Crippen LogP contribution >= 0.6 is 11.6 Å². The Morgan fingerprint density at radius 2 is 1.14 bits per heavy atom. The monoisotopic (exact) mass is 300 g/mol. The minimum Gasteiger partial charge on any atom is -0.0837 e. The van der Waals surface area contributed by atoms with Crippen molar-refractivity contribution in [3.63, 3.8) is 0 Å². The SMILES string of the molecule is CC(C)(C)c1ccc(-c2cc(C(C)(C)C)ccc2Cl)cc1. The lowest BCUT2D eigenvalue weighted by molar-refractivity contribution is 0.590. The van der Waals surface area contributed by atoms with Gasteiger partial charge in [0.2, 0.25) is 0 Å². The maximum absolute atomic E-state index is 6.41. The van der Waals surface area contributed by atoms with Gasteiger partial charge in [0.1, 0.15) is 0 Å². The summed E-state index contributed by atoms with van der Waals surface area (Å²) >= 11 is 6.41. The highest BCUT2D eigenvalue weighted by Crippen LogP contribution is 2.34. The van der Waals surface area contributed by atoms with E-state index in [0.717, 1.165) is 10.6 Å². The van der Waals surface area contributed by atoms with Crippen LogP contribution in [-0.4, -0.2) is 0 Å². The molecular formula is C20H25Cl. The van der Waals surface area contributed by atoms with Crippen LogP contribution in [0, 0.1) is 0 Å². The van der Waals surface area contributed by atoms with Crippen molar-refractivity contribution < 1.29 is 0 Å². The van der Waals surface area contributed by atoms with Crippen LogP contribution < -0.4 is 0 Å². The van der Waals surface area contributed by atoms with Gasteiger partial charge in [0.15, 0.2) is 0 Å². The van der Waals surface area contributed by atoms with Crippen LogP contribution in [0.2, 0.25) is 5.02 Å². The van der Waals surface area contributed by atoms with Crippen LogP contribution in [0.3, 0.4) is 0 Å². The topological polar surface area (TPSA) is 0 Å². The fourth-order valence-corrected chi connectivity index (χ4v) is 2.59. The lowest BCUT2D eigenvalue weighted by atomic mass is 9.84. The van der Waals surface area contributed by atoms with Gasteiger partial charge in [-0.15, -0.1) is 0 Å². The van der Waals surface area contributed by atoms with Gasteiger partial charge in [-0.2, -0.15) is 0 Å². The largest absolute Gasteiger partial charge is 0.0837 e. The molecule has 0 saturated heterocycles. The third-order valence-corrected chi connectivity index (χ3v) is 4.22. The molecule has 2 aromatic rings. The summed E-state index contributed by atoms with van der Waals surface area (Å²) in [4.78, 5) is 0. The highest BCUT2D eigenvalue weighted by molar-refractivity contribution is 6.33. The maximum atomic E-state index is 6.41. The molecule has 0 bridgehead atoms. The molecule has 0 saturated carbocycles. The summed E-state index contributed by atoms with van der Waals surface area (Å²) in [7, 11) is 0. The summed E-state index contributed by atoms with van der Waals surface area (Å²) in [6, 6.07) is 15.1. The molecule has 0 heterocycles. The van der Waals surface area contributed by atoms with E-state index in [2.05, 4.69) is 77.9 Å². The van der Waals surface area contributed by atoms with Crippen LogP contribution in [0.4, 0.5) is 0 Å². The van der Waals surface area contributed by atoms with Crippen LogP contribution in [0.5, 0.6) is 0 Å².